The molecular formula is C14H14F2N4O3. The van der Waals surface area contributed by atoms with Gasteiger partial charge < -0.3 is 15.0 Å². The number of carbonyl (C=O) groups is 2. The highest BCUT2D eigenvalue weighted by atomic mass is 19.3. The first-order valence-electron chi connectivity index (χ1n) is 6.71. The van der Waals surface area contributed by atoms with Crippen LogP contribution in [0.4, 0.5) is 8.78 Å². The zero-order valence-corrected chi connectivity index (χ0v) is 12.3. The van der Waals surface area contributed by atoms with Gasteiger partial charge in [0.1, 0.15) is 11.8 Å². The maximum Gasteiger partial charge on any atom is 0.268 e. The Bertz CT molecular complexity index is 660. The van der Waals surface area contributed by atoms with Gasteiger partial charge in [-0.15, -0.1) is 0 Å². The molecule has 1 aromatic heterocycles. The third kappa shape index (κ3) is 3.71. The molecule has 122 valence electrons. The summed E-state index contributed by atoms with van der Waals surface area (Å²) < 4.78 is 31.6. The Balaban J connectivity index is 1.99. The number of halogens is 2. The molecule has 0 bridgehead atoms. The molecule has 1 aliphatic heterocycles. The van der Waals surface area contributed by atoms with Gasteiger partial charge in [-0.1, -0.05) is 0 Å². The fourth-order valence-electron chi connectivity index (χ4n) is 2.28. The van der Waals surface area contributed by atoms with Gasteiger partial charge in [0.25, 0.3) is 11.8 Å². The van der Waals surface area contributed by atoms with Gasteiger partial charge in [-0.05, 0) is 6.07 Å². The van der Waals surface area contributed by atoms with Crippen LogP contribution >= 0.6 is 0 Å². The first-order valence-corrected chi connectivity index (χ1v) is 6.71. The van der Waals surface area contributed by atoms with Crippen LogP contribution in [-0.2, 0) is 4.79 Å². The summed E-state index contributed by atoms with van der Waals surface area (Å²) in [6.07, 6.45) is 2.02. The van der Waals surface area contributed by atoms with Gasteiger partial charge in [0.15, 0.2) is 0 Å². The molecule has 1 N–H and O–H groups in total. The predicted octanol–water partition coefficient (Wildman–Crippen LogP) is 0.580. The van der Waals surface area contributed by atoms with E-state index in [4.69, 9.17) is 10.00 Å². The number of hydrogen-bond donors (Lipinski definition) is 1. The summed E-state index contributed by atoms with van der Waals surface area (Å²) in [6.45, 7) is -1.31. The fraction of sp³-hybridized carbons (Fsp3) is 0.429. The lowest BCUT2D eigenvalue weighted by molar-refractivity contribution is -0.131. The molecule has 2 heterocycles. The number of nitrogens with zero attached hydrogens (tertiary/aromatic N) is 3. The molecular weight excluding hydrogens is 310 g/mol. The molecule has 23 heavy (non-hydrogen) atoms. The third-order valence-corrected chi connectivity index (χ3v) is 3.39. The lowest BCUT2D eigenvalue weighted by atomic mass is 10.2. The average Bonchev–Trinajstić information content (AvgIpc) is 2.87. The molecule has 0 radical (unpaired) electrons. The number of carbonyl (C=O) groups excluding carboxylic acids is 2. The van der Waals surface area contributed by atoms with Crippen LogP contribution in [0.1, 0.15) is 16.8 Å². The van der Waals surface area contributed by atoms with Crippen LogP contribution in [0, 0.1) is 11.3 Å². The maximum absolute atomic E-state index is 13.3. The van der Waals surface area contributed by atoms with Gasteiger partial charge >= 0.3 is 0 Å². The minimum atomic E-state index is -3.09. The normalized spacial score (nSPS) is 19.0. The van der Waals surface area contributed by atoms with Gasteiger partial charge in [-0.3, -0.25) is 14.6 Å². The van der Waals surface area contributed by atoms with Crippen LogP contribution in [-0.4, -0.2) is 53.9 Å². The Morgan fingerprint density at radius 3 is 3.00 bits per heavy atom. The van der Waals surface area contributed by atoms with E-state index in [1.54, 1.807) is 6.07 Å². The number of likely N-dealkylation sites (tertiary alicyclic amines) is 1. The van der Waals surface area contributed by atoms with Gasteiger partial charge in [0.2, 0.25) is 5.91 Å². The lowest BCUT2D eigenvalue weighted by Crippen LogP contribution is -2.43. The van der Waals surface area contributed by atoms with Gasteiger partial charge in [0.05, 0.1) is 38.0 Å². The number of amides is 2. The minimum Gasteiger partial charge on any atom is -0.494 e. The van der Waals surface area contributed by atoms with E-state index in [0.717, 1.165) is 4.90 Å². The number of ether oxygens (including phenoxy) is 1. The van der Waals surface area contributed by atoms with Crippen molar-refractivity contribution in [2.24, 2.45) is 0 Å². The summed E-state index contributed by atoms with van der Waals surface area (Å²) in [7, 11) is 1.36. The molecule has 7 nitrogen and oxygen atoms in total. The summed E-state index contributed by atoms with van der Waals surface area (Å²) in [4.78, 5) is 28.6. The highest BCUT2D eigenvalue weighted by Crippen LogP contribution is 2.31. The SMILES string of the molecule is COc1cnccc1C(=O)NCC(=O)N1CC(F)(F)C[C@H]1C#N. The Kier molecular flexibility index (Phi) is 4.74. The number of aromatic nitrogens is 1. The standard InChI is InChI=1S/C14H14F2N4O3/c1-23-11-6-18-3-2-10(11)13(22)19-7-12(21)20-8-14(15,16)4-9(20)5-17/h2-3,6,9H,4,7-8H2,1H3,(H,19,22)/t9-/m0/s1. The third-order valence-electron chi connectivity index (χ3n) is 3.39. The van der Waals surface area contributed by atoms with Crippen molar-refractivity contribution >= 4 is 11.8 Å². The van der Waals surface area contributed by atoms with Crippen molar-refractivity contribution in [2.45, 2.75) is 18.4 Å². The first kappa shape index (κ1) is 16.6. The van der Waals surface area contributed by atoms with Crippen molar-refractivity contribution in [3.05, 3.63) is 24.0 Å². The highest BCUT2D eigenvalue weighted by Gasteiger charge is 2.47. The molecule has 2 rings (SSSR count). The van der Waals surface area contributed by atoms with E-state index in [1.165, 1.54) is 25.6 Å². The van der Waals surface area contributed by atoms with Gasteiger partial charge in [-0.25, -0.2) is 8.78 Å². The van der Waals surface area contributed by atoms with E-state index in [2.05, 4.69) is 10.3 Å². The molecule has 0 spiro atoms. The molecule has 0 aromatic carbocycles. The largest absolute Gasteiger partial charge is 0.494 e. The number of methoxy groups -OCH3 is 1. The highest BCUT2D eigenvalue weighted by molar-refractivity contribution is 5.98. The summed E-state index contributed by atoms with van der Waals surface area (Å²) >= 11 is 0. The smallest absolute Gasteiger partial charge is 0.268 e. The molecule has 9 heteroatoms. The number of rotatable bonds is 4. The van der Waals surface area contributed by atoms with E-state index in [0.29, 0.717) is 0 Å². The van der Waals surface area contributed by atoms with Crippen LogP contribution in [0.15, 0.2) is 18.5 Å². The quantitative estimate of drug-likeness (QED) is 0.874. The number of nitrogens with one attached hydrogen (secondary N) is 1. The zero-order valence-electron chi connectivity index (χ0n) is 12.3. The molecule has 0 aliphatic carbocycles. The molecule has 2 amide bonds. The predicted molar refractivity (Wildman–Crippen MR) is 73.8 cm³/mol. The minimum absolute atomic E-state index is 0.166. The average molecular weight is 324 g/mol. The Labute approximate surface area is 130 Å². The van der Waals surface area contributed by atoms with E-state index in [1.807, 2.05) is 0 Å². The van der Waals surface area contributed by atoms with E-state index >= 15 is 0 Å². The Morgan fingerprint density at radius 2 is 2.35 bits per heavy atom. The van der Waals surface area contributed by atoms with E-state index < -0.39 is 43.3 Å². The molecule has 0 saturated carbocycles. The van der Waals surface area contributed by atoms with E-state index in [-0.39, 0.29) is 11.3 Å². The van der Waals surface area contributed by atoms with Crippen molar-refractivity contribution in [1.82, 2.24) is 15.2 Å². The summed E-state index contributed by atoms with van der Waals surface area (Å²) in [6, 6.07) is 1.89. The second-order valence-corrected chi connectivity index (χ2v) is 4.99. The van der Waals surface area contributed by atoms with Crippen molar-refractivity contribution < 1.29 is 23.1 Å². The van der Waals surface area contributed by atoms with Crippen LogP contribution < -0.4 is 10.1 Å². The van der Waals surface area contributed by atoms with Gasteiger partial charge in [-0.2, -0.15) is 5.26 Å². The van der Waals surface area contributed by atoms with Crippen LogP contribution in [0.25, 0.3) is 0 Å². The van der Waals surface area contributed by atoms with Crippen molar-refractivity contribution in [3.8, 4) is 11.8 Å². The Morgan fingerprint density at radius 1 is 1.61 bits per heavy atom. The monoisotopic (exact) mass is 324 g/mol. The molecule has 1 fully saturated rings. The maximum atomic E-state index is 13.3. The van der Waals surface area contributed by atoms with Gasteiger partial charge in [0, 0.05) is 12.6 Å². The van der Waals surface area contributed by atoms with Crippen molar-refractivity contribution in [1.29, 1.82) is 5.26 Å². The second-order valence-electron chi connectivity index (χ2n) is 4.99. The summed E-state index contributed by atoms with van der Waals surface area (Å²) in [5, 5.41) is 11.2. The summed E-state index contributed by atoms with van der Waals surface area (Å²) in [5.74, 6) is -4.21. The first-order chi connectivity index (χ1) is 10.9. The topological polar surface area (TPSA) is 95.3 Å². The molecule has 1 aromatic rings. The van der Waals surface area contributed by atoms with Crippen LogP contribution in [0.2, 0.25) is 0 Å². The molecule has 0 unspecified atom stereocenters. The zero-order chi connectivity index (χ0) is 17.0. The number of pyridine rings is 1. The lowest BCUT2D eigenvalue weighted by Gasteiger charge is -2.19. The molecule has 1 atom stereocenters. The van der Waals surface area contributed by atoms with Crippen molar-refractivity contribution in [2.75, 3.05) is 20.2 Å². The van der Waals surface area contributed by atoms with Crippen molar-refractivity contribution in [3.63, 3.8) is 0 Å². The molecule has 1 aliphatic rings. The van der Waals surface area contributed by atoms with Crippen LogP contribution in [0.5, 0.6) is 5.75 Å². The van der Waals surface area contributed by atoms with Crippen LogP contribution in [0.3, 0.4) is 0 Å². The second kappa shape index (κ2) is 6.56. The Hall–Kier alpha value is -2.76. The fourth-order valence-corrected chi connectivity index (χ4v) is 2.28. The number of nitriles is 1. The molecule has 1 saturated heterocycles. The summed E-state index contributed by atoms with van der Waals surface area (Å²) in [5.41, 5.74) is 0.166. The van der Waals surface area contributed by atoms with E-state index in [9.17, 15) is 18.4 Å². The number of hydrogen-bond acceptors (Lipinski definition) is 5. The number of alkyl halides is 2.